The van der Waals surface area contributed by atoms with Crippen LogP contribution in [0.4, 0.5) is 5.69 Å². The van der Waals surface area contributed by atoms with E-state index in [0.29, 0.717) is 5.92 Å². The second kappa shape index (κ2) is 11.0. The smallest absolute Gasteiger partial charge is 0.227 e. The van der Waals surface area contributed by atoms with Gasteiger partial charge in [-0.1, -0.05) is 0 Å². The number of fused-ring (bicyclic) bond motifs is 1. The zero-order valence-electron chi connectivity index (χ0n) is 15.2. The molecule has 2 aromatic heterocycles. The highest BCUT2D eigenvalue weighted by molar-refractivity contribution is 6.01. The molecule has 0 atom stereocenters. The fourth-order valence-corrected chi connectivity index (χ4v) is 3.39. The summed E-state index contributed by atoms with van der Waals surface area (Å²) in [6.07, 6.45) is 7.38. The van der Waals surface area contributed by atoms with E-state index in [0.717, 1.165) is 48.9 Å². The van der Waals surface area contributed by atoms with Crippen LogP contribution in [0.25, 0.3) is 11.0 Å². The minimum atomic E-state index is 0. The molecule has 0 bridgehead atoms. The first-order valence-corrected chi connectivity index (χ1v) is 8.33. The van der Waals surface area contributed by atoms with E-state index in [2.05, 4.69) is 15.6 Å². The summed E-state index contributed by atoms with van der Waals surface area (Å²) in [5.41, 5.74) is 7.01. The van der Waals surface area contributed by atoms with Crippen LogP contribution in [-0.2, 0) is 11.8 Å². The summed E-state index contributed by atoms with van der Waals surface area (Å²) in [6, 6.07) is 3.82. The zero-order valence-corrected chi connectivity index (χ0v) is 16.8. The van der Waals surface area contributed by atoms with Crippen molar-refractivity contribution in [1.82, 2.24) is 14.9 Å². The van der Waals surface area contributed by atoms with Gasteiger partial charge in [0, 0.05) is 37.3 Å². The number of anilines is 1. The summed E-state index contributed by atoms with van der Waals surface area (Å²) in [4.78, 5) is 16.9. The van der Waals surface area contributed by atoms with Gasteiger partial charge in [-0.2, -0.15) is 0 Å². The van der Waals surface area contributed by atoms with Crippen molar-refractivity contribution in [1.29, 1.82) is 5.41 Å². The molecule has 3 rings (SSSR count). The van der Waals surface area contributed by atoms with E-state index in [1.807, 2.05) is 29.9 Å². The molecule has 27 heavy (non-hydrogen) atoms. The van der Waals surface area contributed by atoms with E-state index in [1.54, 1.807) is 6.20 Å². The zero-order chi connectivity index (χ0) is 17.1. The number of aryl methyl sites for hydroxylation is 1. The van der Waals surface area contributed by atoms with Gasteiger partial charge >= 0.3 is 0 Å². The lowest BCUT2D eigenvalue weighted by Crippen LogP contribution is -2.36. The normalized spacial score (nSPS) is 18.4. The maximum absolute atomic E-state index is 12.6. The van der Waals surface area contributed by atoms with Gasteiger partial charge in [0.05, 0.1) is 5.69 Å². The number of aromatic nitrogens is 2. The van der Waals surface area contributed by atoms with Gasteiger partial charge in [0.25, 0.3) is 0 Å². The molecule has 10 heteroatoms. The van der Waals surface area contributed by atoms with Gasteiger partial charge in [-0.05, 0) is 43.7 Å². The maximum Gasteiger partial charge on any atom is 0.227 e. The number of hydrogen-bond donors (Lipinski definition) is 4. The SMILES string of the molecule is Cl.Cl.Cn1ccc2c(NC(=O)[C@H]3CC[C@H](CNC(=N)N)CC3)ccnc21.O. The molecule has 0 radical (unpaired) electrons. The number of halogens is 2. The molecule has 2 heterocycles. The van der Waals surface area contributed by atoms with Gasteiger partial charge in [-0.3, -0.25) is 10.2 Å². The Balaban J connectivity index is 0.00000225. The van der Waals surface area contributed by atoms with Crippen molar-refractivity contribution in [3.8, 4) is 0 Å². The summed E-state index contributed by atoms with van der Waals surface area (Å²) in [7, 11) is 1.94. The summed E-state index contributed by atoms with van der Waals surface area (Å²) < 4.78 is 1.94. The Morgan fingerprint density at radius 2 is 1.96 bits per heavy atom. The molecule has 7 N–H and O–H groups in total. The summed E-state index contributed by atoms with van der Waals surface area (Å²) >= 11 is 0. The van der Waals surface area contributed by atoms with E-state index >= 15 is 0 Å². The Kier molecular flexibility index (Phi) is 10.1. The van der Waals surface area contributed by atoms with Crippen LogP contribution in [-0.4, -0.2) is 33.4 Å². The van der Waals surface area contributed by atoms with Crippen molar-refractivity contribution in [2.75, 3.05) is 11.9 Å². The molecule has 1 saturated carbocycles. The lowest BCUT2D eigenvalue weighted by molar-refractivity contribution is -0.121. The molecule has 8 nitrogen and oxygen atoms in total. The largest absolute Gasteiger partial charge is 0.412 e. The van der Waals surface area contributed by atoms with E-state index < -0.39 is 0 Å². The van der Waals surface area contributed by atoms with Gasteiger partial charge in [0.15, 0.2) is 5.96 Å². The van der Waals surface area contributed by atoms with Gasteiger partial charge in [-0.15, -0.1) is 24.8 Å². The van der Waals surface area contributed by atoms with Gasteiger partial charge in [-0.25, -0.2) is 4.98 Å². The Labute approximate surface area is 170 Å². The lowest BCUT2D eigenvalue weighted by Gasteiger charge is -2.28. The first kappa shape index (κ1) is 25.0. The van der Waals surface area contributed by atoms with Crippen LogP contribution in [0.15, 0.2) is 24.5 Å². The lowest BCUT2D eigenvalue weighted by atomic mass is 9.81. The summed E-state index contributed by atoms with van der Waals surface area (Å²) in [6.45, 7) is 0.721. The molecule has 0 saturated heterocycles. The van der Waals surface area contributed by atoms with E-state index in [4.69, 9.17) is 11.1 Å². The number of guanidine groups is 1. The minimum absolute atomic E-state index is 0. The molecule has 0 unspecified atom stereocenters. The monoisotopic (exact) mass is 418 g/mol. The number of amides is 1. The van der Waals surface area contributed by atoms with Crippen molar-refractivity contribution >= 4 is 53.4 Å². The summed E-state index contributed by atoms with van der Waals surface area (Å²) in [5, 5.41) is 14.1. The van der Waals surface area contributed by atoms with E-state index in [-0.39, 0.29) is 48.1 Å². The van der Waals surface area contributed by atoms with Gasteiger partial charge in [0.1, 0.15) is 5.65 Å². The number of nitrogens with one attached hydrogen (secondary N) is 3. The fourth-order valence-electron chi connectivity index (χ4n) is 3.39. The number of hydrogen-bond acceptors (Lipinski definition) is 3. The Morgan fingerprint density at radius 3 is 2.59 bits per heavy atom. The van der Waals surface area contributed by atoms with Gasteiger partial charge in [0.2, 0.25) is 5.91 Å². The molecule has 2 aromatic rings. The third-order valence-corrected chi connectivity index (χ3v) is 4.82. The molecule has 1 amide bonds. The molecule has 0 aromatic carbocycles. The Bertz CT molecular complexity index is 759. The number of pyridine rings is 1. The molecule has 152 valence electrons. The Hall–Kier alpha value is -2.03. The average molecular weight is 419 g/mol. The summed E-state index contributed by atoms with van der Waals surface area (Å²) in [5.74, 6) is 0.633. The second-order valence-electron chi connectivity index (χ2n) is 6.52. The predicted octanol–water partition coefficient (Wildman–Crippen LogP) is 1.82. The van der Waals surface area contributed by atoms with Crippen LogP contribution in [0.5, 0.6) is 0 Å². The Morgan fingerprint density at radius 1 is 1.30 bits per heavy atom. The molecule has 0 aliphatic heterocycles. The number of nitrogens with two attached hydrogens (primary N) is 1. The molecule has 1 aliphatic rings. The standard InChI is InChI=1S/C17H24N6O.2ClH.H2O/c1-23-9-7-13-14(6-8-20-15(13)23)22-16(24)12-4-2-11(3-5-12)10-21-17(18)19;;;/h6-9,11-12H,2-5,10H2,1H3,(H4,18,19,21)(H,20,22,24);2*1H;1H2/t11-,12-;;;. The molecule has 1 fully saturated rings. The first-order valence-electron chi connectivity index (χ1n) is 8.33. The highest BCUT2D eigenvalue weighted by atomic mass is 35.5. The van der Waals surface area contributed by atoms with Gasteiger partial charge < -0.3 is 26.4 Å². The molecule has 1 aliphatic carbocycles. The fraction of sp³-hybridized carbons (Fsp3) is 0.471. The van der Waals surface area contributed by atoms with Crippen molar-refractivity contribution in [2.24, 2.45) is 24.6 Å². The van der Waals surface area contributed by atoms with Crippen molar-refractivity contribution < 1.29 is 10.3 Å². The van der Waals surface area contributed by atoms with Crippen LogP contribution in [0.3, 0.4) is 0 Å². The van der Waals surface area contributed by atoms with Crippen LogP contribution >= 0.6 is 24.8 Å². The number of nitrogens with zero attached hydrogens (tertiary/aromatic N) is 2. The average Bonchev–Trinajstić information content (AvgIpc) is 2.96. The van der Waals surface area contributed by atoms with E-state index in [9.17, 15) is 4.79 Å². The highest BCUT2D eigenvalue weighted by Crippen LogP contribution is 2.30. The predicted molar refractivity (Wildman–Crippen MR) is 113 cm³/mol. The van der Waals surface area contributed by atoms with Crippen LogP contribution in [0.2, 0.25) is 0 Å². The van der Waals surface area contributed by atoms with Crippen molar-refractivity contribution in [3.63, 3.8) is 0 Å². The number of rotatable bonds is 4. The molecule has 0 spiro atoms. The second-order valence-corrected chi connectivity index (χ2v) is 6.52. The maximum atomic E-state index is 12.6. The van der Waals surface area contributed by atoms with Crippen LogP contribution in [0.1, 0.15) is 25.7 Å². The highest BCUT2D eigenvalue weighted by Gasteiger charge is 2.26. The van der Waals surface area contributed by atoms with E-state index in [1.165, 1.54) is 0 Å². The third kappa shape index (κ3) is 5.98. The quantitative estimate of drug-likeness (QED) is 0.443. The topological polar surface area (TPSA) is 140 Å². The number of carbonyl (C=O) groups excluding carboxylic acids is 1. The van der Waals surface area contributed by atoms with Crippen LogP contribution < -0.4 is 16.4 Å². The van der Waals surface area contributed by atoms with Crippen molar-refractivity contribution in [3.05, 3.63) is 24.5 Å². The third-order valence-electron chi connectivity index (χ3n) is 4.82. The van der Waals surface area contributed by atoms with Crippen molar-refractivity contribution in [2.45, 2.75) is 25.7 Å². The first-order chi connectivity index (χ1) is 11.5. The number of carbonyl (C=O) groups is 1. The molecular formula is C17H28Cl2N6O2. The molecular weight excluding hydrogens is 391 g/mol. The van der Waals surface area contributed by atoms with Crippen LogP contribution in [0, 0.1) is 17.2 Å². The minimum Gasteiger partial charge on any atom is -0.412 e.